The predicted molar refractivity (Wildman–Crippen MR) is 81.0 cm³/mol. The molecule has 0 saturated heterocycles. The third-order valence-electron chi connectivity index (χ3n) is 3.27. The number of halogens is 1. The first-order valence-electron chi connectivity index (χ1n) is 6.43. The zero-order valence-corrected chi connectivity index (χ0v) is 11.7. The van der Waals surface area contributed by atoms with Gasteiger partial charge >= 0.3 is 0 Å². The van der Waals surface area contributed by atoms with Crippen molar-refractivity contribution < 1.29 is 5.11 Å². The monoisotopic (exact) mass is 284 g/mol. The van der Waals surface area contributed by atoms with Crippen LogP contribution in [0.25, 0.3) is 22.3 Å². The van der Waals surface area contributed by atoms with Crippen LogP contribution in [-0.2, 0) is 6.42 Å². The Kier molecular flexibility index (Phi) is 3.28. The van der Waals surface area contributed by atoms with Crippen molar-refractivity contribution >= 4 is 22.5 Å². The molecule has 0 fully saturated rings. The Balaban J connectivity index is 2.25. The number of fused-ring (bicyclic) bond motifs is 1. The smallest absolute Gasteiger partial charge is 0.161 e. The lowest BCUT2D eigenvalue weighted by Crippen LogP contribution is -1.95. The topological polar surface area (TPSA) is 46.0 Å². The molecule has 0 aliphatic heterocycles. The van der Waals surface area contributed by atoms with Gasteiger partial charge in [0.05, 0.1) is 5.52 Å². The summed E-state index contributed by atoms with van der Waals surface area (Å²) in [6, 6.07) is 12.9. The summed E-state index contributed by atoms with van der Waals surface area (Å²) in [4.78, 5) is 8.91. The second-order valence-electron chi connectivity index (χ2n) is 4.55. The molecular formula is C16H13ClN2O. The number of phenols is 1. The lowest BCUT2D eigenvalue weighted by molar-refractivity contribution is 0.476. The van der Waals surface area contributed by atoms with Crippen LogP contribution in [-0.4, -0.2) is 15.1 Å². The minimum atomic E-state index is 0.157. The highest BCUT2D eigenvalue weighted by Crippen LogP contribution is 2.28. The molecule has 2 aromatic carbocycles. The largest absolute Gasteiger partial charge is 0.508 e. The van der Waals surface area contributed by atoms with Crippen molar-refractivity contribution in [2.75, 3.05) is 0 Å². The number of aromatic nitrogens is 2. The van der Waals surface area contributed by atoms with E-state index in [0.717, 1.165) is 17.5 Å². The van der Waals surface area contributed by atoms with Crippen LogP contribution in [0.3, 0.4) is 0 Å². The zero-order valence-electron chi connectivity index (χ0n) is 11.0. The number of benzene rings is 2. The Morgan fingerprint density at radius 3 is 2.70 bits per heavy atom. The Morgan fingerprint density at radius 2 is 1.90 bits per heavy atom. The Labute approximate surface area is 121 Å². The van der Waals surface area contributed by atoms with E-state index in [4.69, 9.17) is 11.6 Å². The standard InChI is InChI=1S/C16H13ClN2O/c1-2-10-5-3-4-6-12(10)16-18-14-8-7-11(20)9-13(14)15(17)19-16/h3-9,20H,2H2,1H3. The molecule has 20 heavy (non-hydrogen) atoms. The van der Waals surface area contributed by atoms with Gasteiger partial charge in [0.1, 0.15) is 10.9 Å². The molecule has 1 aromatic heterocycles. The van der Waals surface area contributed by atoms with E-state index >= 15 is 0 Å². The third kappa shape index (κ3) is 2.21. The summed E-state index contributed by atoms with van der Waals surface area (Å²) in [6.07, 6.45) is 0.908. The van der Waals surface area contributed by atoms with Gasteiger partial charge in [-0.1, -0.05) is 42.8 Å². The highest BCUT2D eigenvalue weighted by molar-refractivity contribution is 6.34. The van der Waals surface area contributed by atoms with Crippen molar-refractivity contribution in [3.63, 3.8) is 0 Å². The molecule has 3 rings (SSSR count). The van der Waals surface area contributed by atoms with Gasteiger partial charge in [-0.05, 0) is 30.2 Å². The molecule has 3 nitrogen and oxygen atoms in total. The summed E-state index contributed by atoms with van der Waals surface area (Å²) in [7, 11) is 0. The lowest BCUT2D eigenvalue weighted by Gasteiger charge is -2.08. The molecule has 0 aliphatic rings. The van der Waals surface area contributed by atoms with Crippen LogP contribution in [0.15, 0.2) is 42.5 Å². The number of aromatic hydroxyl groups is 1. The maximum atomic E-state index is 9.51. The second kappa shape index (κ2) is 5.10. The quantitative estimate of drug-likeness (QED) is 0.717. The van der Waals surface area contributed by atoms with Gasteiger partial charge in [-0.25, -0.2) is 9.97 Å². The summed E-state index contributed by atoms with van der Waals surface area (Å²) in [6.45, 7) is 2.10. The molecule has 0 saturated carbocycles. The lowest BCUT2D eigenvalue weighted by atomic mass is 10.0. The SMILES string of the molecule is CCc1ccccc1-c1nc(Cl)c2cc(O)ccc2n1. The van der Waals surface area contributed by atoms with Crippen molar-refractivity contribution in [2.24, 2.45) is 0 Å². The molecule has 4 heteroatoms. The summed E-state index contributed by atoms with van der Waals surface area (Å²) in [5.74, 6) is 0.773. The van der Waals surface area contributed by atoms with Gasteiger partial charge < -0.3 is 5.11 Å². The first-order chi connectivity index (χ1) is 9.69. The van der Waals surface area contributed by atoms with E-state index in [-0.39, 0.29) is 5.75 Å². The third-order valence-corrected chi connectivity index (χ3v) is 3.56. The number of nitrogens with zero attached hydrogens (tertiary/aromatic N) is 2. The first-order valence-corrected chi connectivity index (χ1v) is 6.81. The highest BCUT2D eigenvalue weighted by atomic mass is 35.5. The molecular weight excluding hydrogens is 272 g/mol. The number of hydrogen-bond donors (Lipinski definition) is 1. The summed E-state index contributed by atoms with van der Waals surface area (Å²) < 4.78 is 0. The van der Waals surface area contributed by atoms with Crippen molar-refractivity contribution in [2.45, 2.75) is 13.3 Å². The molecule has 0 amide bonds. The average molecular weight is 285 g/mol. The highest BCUT2D eigenvalue weighted by Gasteiger charge is 2.11. The zero-order chi connectivity index (χ0) is 14.1. The van der Waals surface area contributed by atoms with E-state index in [0.29, 0.717) is 16.4 Å². The van der Waals surface area contributed by atoms with Crippen LogP contribution >= 0.6 is 11.6 Å². The fourth-order valence-electron chi connectivity index (χ4n) is 2.25. The van der Waals surface area contributed by atoms with Crippen LogP contribution < -0.4 is 0 Å². The van der Waals surface area contributed by atoms with Gasteiger partial charge in [-0.3, -0.25) is 0 Å². The van der Waals surface area contributed by atoms with E-state index in [1.54, 1.807) is 18.2 Å². The van der Waals surface area contributed by atoms with Crippen LogP contribution in [0.4, 0.5) is 0 Å². The van der Waals surface area contributed by atoms with Crippen LogP contribution in [0.1, 0.15) is 12.5 Å². The van der Waals surface area contributed by atoms with Crippen molar-refractivity contribution in [3.8, 4) is 17.1 Å². The number of rotatable bonds is 2. The minimum Gasteiger partial charge on any atom is -0.508 e. The van der Waals surface area contributed by atoms with Gasteiger partial charge in [-0.2, -0.15) is 0 Å². The molecule has 1 N–H and O–H groups in total. The fourth-order valence-corrected chi connectivity index (χ4v) is 2.48. The second-order valence-corrected chi connectivity index (χ2v) is 4.91. The Bertz CT molecular complexity index is 787. The Hall–Kier alpha value is -2.13. The molecule has 100 valence electrons. The van der Waals surface area contributed by atoms with Crippen molar-refractivity contribution in [3.05, 3.63) is 53.2 Å². The van der Waals surface area contributed by atoms with Crippen LogP contribution in [0.5, 0.6) is 5.75 Å². The van der Waals surface area contributed by atoms with Gasteiger partial charge in [-0.15, -0.1) is 0 Å². The molecule has 3 aromatic rings. The van der Waals surface area contributed by atoms with Crippen LogP contribution in [0.2, 0.25) is 5.15 Å². The molecule has 0 bridgehead atoms. The van der Waals surface area contributed by atoms with Gasteiger partial charge in [0.25, 0.3) is 0 Å². The average Bonchev–Trinajstić information content (AvgIpc) is 2.47. The van der Waals surface area contributed by atoms with Gasteiger partial charge in [0, 0.05) is 10.9 Å². The van der Waals surface area contributed by atoms with E-state index in [1.165, 1.54) is 5.56 Å². The van der Waals surface area contributed by atoms with Gasteiger partial charge in [0.15, 0.2) is 5.82 Å². The van der Waals surface area contributed by atoms with E-state index in [1.807, 2.05) is 18.2 Å². The van der Waals surface area contributed by atoms with E-state index < -0.39 is 0 Å². The van der Waals surface area contributed by atoms with Crippen molar-refractivity contribution in [1.29, 1.82) is 0 Å². The minimum absolute atomic E-state index is 0.157. The predicted octanol–water partition coefficient (Wildman–Crippen LogP) is 4.22. The fraction of sp³-hybridized carbons (Fsp3) is 0.125. The van der Waals surface area contributed by atoms with Crippen LogP contribution in [0, 0.1) is 0 Å². The van der Waals surface area contributed by atoms with E-state index in [2.05, 4.69) is 23.0 Å². The normalized spacial score (nSPS) is 10.9. The van der Waals surface area contributed by atoms with Crippen molar-refractivity contribution in [1.82, 2.24) is 9.97 Å². The number of aryl methyl sites for hydroxylation is 1. The molecule has 0 spiro atoms. The number of hydrogen-bond acceptors (Lipinski definition) is 3. The number of phenolic OH excluding ortho intramolecular Hbond substituents is 1. The van der Waals surface area contributed by atoms with E-state index in [9.17, 15) is 5.11 Å². The summed E-state index contributed by atoms with van der Waals surface area (Å²) in [5.41, 5.74) is 2.90. The molecule has 0 aliphatic carbocycles. The maximum absolute atomic E-state index is 9.51. The molecule has 0 unspecified atom stereocenters. The molecule has 0 atom stereocenters. The maximum Gasteiger partial charge on any atom is 0.161 e. The molecule has 1 heterocycles. The summed E-state index contributed by atoms with van der Waals surface area (Å²) >= 11 is 6.22. The summed E-state index contributed by atoms with van der Waals surface area (Å²) in [5, 5.41) is 10.5. The Morgan fingerprint density at radius 1 is 1.10 bits per heavy atom. The van der Waals surface area contributed by atoms with Gasteiger partial charge in [0.2, 0.25) is 0 Å². The first kappa shape index (κ1) is 12.9. The molecule has 0 radical (unpaired) electrons.